The normalized spacial score (nSPS) is 28.8. The van der Waals surface area contributed by atoms with Crippen LogP contribution in [0.2, 0.25) is 0 Å². The van der Waals surface area contributed by atoms with Gasteiger partial charge in [0.2, 0.25) is 0 Å². The highest BCUT2D eigenvalue weighted by molar-refractivity contribution is 14.1. The summed E-state index contributed by atoms with van der Waals surface area (Å²) in [6, 6.07) is 3.60. The van der Waals surface area contributed by atoms with E-state index in [0.29, 0.717) is 4.43 Å². The van der Waals surface area contributed by atoms with Crippen LogP contribution in [0.25, 0.3) is 0 Å². The first-order valence-corrected chi connectivity index (χ1v) is 9.61. The van der Waals surface area contributed by atoms with Gasteiger partial charge in [0.05, 0.1) is 5.60 Å². The van der Waals surface area contributed by atoms with E-state index in [4.69, 9.17) is 0 Å². The van der Waals surface area contributed by atoms with E-state index in [2.05, 4.69) is 48.4 Å². The molecule has 1 atom stereocenters. The summed E-state index contributed by atoms with van der Waals surface area (Å²) in [5.74, 6) is 0.0435. The van der Waals surface area contributed by atoms with Gasteiger partial charge >= 0.3 is 0 Å². The molecule has 1 N–H and O–H groups in total. The van der Waals surface area contributed by atoms with Crippen molar-refractivity contribution in [2.24, 2.45) is 11.3 Å². The maximum Gasteiger partial charge on any atom is 0.127 e. The maximum atomic E-state index is 14.3. The van der Waals surface area contributed by atoms with Crippen LogP contribution >= 0.6 is 22.6 Å². The molecule has 1 aliphatic carbocycles. The van der Waals surface area contributed by atoms with Gasteiger partial charge in [-0.05, 0) is 68.1 Å². The molecule has 0 saturated carbocycles. The summed E-state index contributed by atoms with van der Waals surface area (Å²) in [6.45, 7) is 6.28. The van der Waals surface area contributed by atoms with Crippen molar-refractivity contribution in [3.8, 4) is 0 Å². The van der Waals surface area contributed by atoms with E-state index in [1.165, 1.54) is 0 Å². The minimum atomic E-state index is -0.908. The van der Waals surface area contributed by atoms with Crippen LogP contribution in [0.15, 0.2) is 12.1 Å². The van der Waals surface area contributed by atoms with E-state index in [1.54, 1.807) is 6.07 Å². The number of halogens is 2. The van der Waals surface area contributed by atoms with Gasteiger partial charge in [0.15, 0.2) is 0 Å². The number of hydrogen-bond acceptors (Lipinski definition) is 2. The van der Waals surface area contributed by atoms with E-state index >= 15 is 0 Å². The van der Waals surface area contributed by atoms with Crippen LogP contribution < -0.4 is 0 Å². The van der Waals surface area contributed by atoms with E-state index < -0.39 is 5.60 Å². The van der Waals surface area contributed by atoms with Crippen molar-refractivity contribution in [2.45, 2.75) is 43.1 Å². The van der Waals surface area contributed by atoms with Crippen LogP contribution in [0.3, 0.4) is 0 Å². The van der Waals surface area contributed by atoms with Crippen molar-refractivity contribution in [3.63, 3.8) is 0 Å². The third kappa shape index (κ3) is 2.42. The van der Waals surface area contributed by atoms with Crippen LogP contribution in [0, 0.1) is 17.2 Å². The lowest BCUT2D eigenvalue weighted by molar-refractivity contribution is -0.121. The topological polar surface area (TPSA) is 23.5 Å². The Morgan fingerprint density at radius 1 is 1.32 bits per heavy atom. The lowest BCUT2D eigenvalue weighted by Gasteiger charge is -2.46. The standard InChI is InChI=1S/C18H25FINO/c1-17(2)10-12-8-13(11-20)16(19)9-15(12)18(17,22)14-4-6-21(3)7-5-14/h8-9,14,22H,4-7,10-11H2,1-3H3. The molecule has 122 valence electrons. The molecule has 1 aromatic rings. The molecule has 0 spiro atoms. The predicted octanol–water partition coefficient (Wildman–Crippen LogP) is 3.87. The van der Waals surface area contributed by atoms with Crippen molar-refractivity contribution in [1.29, 1.82) is 0 Å². The highest BCUT2D eigenvalue weighted by Gasteiger charge is 2.55. The van der Waals surface area contributed by atoms with E-state index in [0.717, 1.165) is 49.0 Å². The molecule has 3 rings (SSSR count). The van der Waals surface area contributed by atoms with Gasteiger partial charge < -0.3 is 10.0 Å². The molecular formula is C18H25FINO. The summed E-state index contributed by atoms with van der Waals surface area (Å²) in [4.78, 5) is 2.31. The first-order valence-electron chi connectivity index (χ1n) is 8.08. The molecular weight excluding hydrogens is 392 g/mol. The molecule has 22 heavy (non-hydrogen) atoms. The molecule has 4 heteroatoms. The van der Waals surface area contributed by atoms with Gasteiger partial charge in [-0.2, -0.15) is 0 Å². The Morgan fingerprint density at radius 2 is 1.95 bits per heavy atom. The van der Waals surface area contributed by atoms with Crippen LogP contribution in [-0.2, 0) is 16.4 Å². The van der Waals surface area contributed by atoms with Gasteiger partial charge in [-0.1, -0.05) is 42.5 Å². The van der Waals surface area contributed by atoms with E-state index in [-0.39, 0.29) is 17.2 Å². The fourth-order valence-electron chi connectivity index (χ4n) is 4.45. The Kier molecular flexibility index (Phi) is 4.32. The van der Waals surface area contributed by atoms with Gasteiger partial charge in [0, 0.05) is 9.84 Å². The molecule has 1 saturated heterocycles. The van der Waals surface area contributed by atoms with E-state index in [9.17, 15) is 9.50 Å². The van der Waals surface area contributed by atoms with Crippen molar-refractivity contribution in [3.05, 3.63) is 34.6 Å². The Hall–Kier alpha value is -0.200. The lowest BCUT2D eigenvalue weighted by atomic mass is 9.65. The predicted molar refractivity (Wildman–Crippen MR) is 95.7 cm³/mol. The first kappa shape index (κ1) is 16.7. The number of alkyl halides is 1. The van der Waals surface area contributed by atoms with Crippen molar-refractivity contribution >= 4 is 22.6 Å². The molecule has 1 heterocycles. The number of benzene rings is 1. The fraction of sp³-hybridized carbons (Fsp3) is 0.667. The summed E-state index contributed by atoms with van der Waals surface area (Å²) in [7, 11) is 2.13. The molecule has 1 aromatic carbocycles. The molecule has 0 aromatic heterocycles. The Balaban J connectivity index is 2.06. The third-order valence-electron chi connectivity index (χ3n) is 5.80. The minimum absolute atomic E-state index is 0.169. The average Bonchev–Trinajstić information content (AvgIpc) is 2.67. The summed E-state index contributed by atoms with van der Waals surface area (Å²) in [5.41, 5.74) is 1.58. The van der Waals surface area contributed by atoms with Gasteiger partial charge in [0.25, 0.3) is 0 Å². The zero-order valence-corrected chi connectivity index (χ0v) is 15.8. The smallest absolute Gasteiger partial charge is 0.127 e. The highest BCUT2D eigenvalue weighted by Crippen LogP contribution is 2.56. The SMILES string of the molecule is CN1CCC(C2(O)c3cc(F)c(CI)cc3CC2(C)C)CC1. The summed E-state index contributed by atoms with van der Waals surface area (Å²) >= 11 is 2.20. The van der Waals surface area contributed by atoms with Gasteiger partial charge in [-0.15, -0.1) is 0 Å². The molecule has 0 bridgehead atoms. The molecule has 1 aliphatic heterocycles. The molecule has 1 unspecified atom stereocenters. The Bertz CT molecular complexity index is 581. The third-order valence-corrected chi connectivity index (χ3v) is 6.62. The number of fused-ring (bicyclic) bond motifs is 1. The largest absolute Gasteiger partial charge is 0.384 e. The summed E-state index contributed by atoms with van der Waals surface area (Å²) < 4.78 is 15.0. The molecule has 0 amide bonds. The van der Waals surface area contributed by atoms with Crippen molar-refractivity contribution in [1.82, 2.24) is 4.90 Å². The lowest BCUT2D eigenvalue weighted by Crippen LogP contribution is -2.49. The Morgan fingerprint density at radius 3 is 2.55 bits per heavy atom. The van der Waals surface area contributed by atoms with Crippen molar-refractivity contribution < 1.29 is 9.50 Å². The second-order valence-electron chi connectivity index (χ2n) is 7.64. The number of nitrogens with zero attached hydrogens (tertiary/aromatic N) is 1. The first-order chi connectivity index (χ1) is 10.3. The molecule has 1 fully saturated rings. The Labute approximate surface area is 146 Å². The number of rotatable bonds is 2. The molecule has 2 aliphatic rings. The van der Waals surface area contributed by atoms with E-state index in [1.807, 2.05) is 6.07 Å². The monoisotopic (exact) mass is 417 g/mol. The zero-order valence-electron chi connectivity index (χ0n) is 13.6. The summed E-state index contributed by atoms with van der Waals surface area (Å²) in [6.07, 6.45) is 2.78. The number of likely N-dealkylation sites (tertiary alicyclic amines) is 1. The molecule has 2 nitrogen and oxygen atoms in total. The zero-order chi connectivity index (χ0) is 16.1. The van der Waals surface area contributed by atoms with Crippen LogP contribution in [0.5, 0.6) is 0 Å². The summed E-state index contributed by atoms with van der Waals surface area (Å²) in [5, 5.41) is 11.7. The second-order valence-corrected chi connectivity index (χ2v) is 8.40. The van der Waals surface area contributed by atoms with Crippen LogP contribution in [0.1, 0.15) is 43.4 Å². The number of hydrogen-bond donors (Lipinski definition) is 1. The maximum absolute atomic E-state index is 14.3. The fourth-order valence-corrected chi connectivity index (χ4v) is 5.03. The van der Waals surface area contributed by atoms with Crippen LogP contribution in [-0.4, -0.2) is 30.1 Å². The van der Waals surface area contributed by atoms with Crippen molar-refractivity contribution in [2.75, 3.05) is 20.1 Å². The van der Waals surface area contributed by atoms with Gasteiger partial charge in [-0.3, -0.25) is 0 Å². The number of aliphatic hydroxyl groups is 1. The average molecular weight is 417 g/mol. The molecule has 0 radical (unpaired) electrons. The quantitative estimate of drug-likeness (QED) is 0.584. The van der Waals surface area contributed by atoms with Gasteiger partial charge in [-0.25, -0.2) is 4.39 Å². The van der Waals surface area contributed by atoms with Crippen LogP contribution in [0.4, 0.5) is 4.39 Å². The minimum Gasteiger partial charge on any atom is -0.384 e. The number of piperidine rings is 1. The second kappa shape index (κ2) is 5.71. The highest BCUT2D eigenvalue weighted by atomic mass is 127. The van der Waals surface area contributed by atoms with Gasteiger partial charge in [0.1, 0.15) is 5.82 Å².